The van der Waals surface area contributed by atoms with Crippen LogP contribution in [0.25, 0.3) is 0 Å². The van der Waals surface area contributed by atoms with E-state index < -0.39 is 29.3 Å². The van der Waals surface area contributed by atoms with Crippen molar-refractivity contribution in [1.29, 1.82) is 0 Å². The molecule has 1 unspecified atom stereocenters. The highest BCUT2D eigenvalue weighted by Crippen LogP contribution is 2.49. The van der Waals surface area contributed by atoms with Gasteiger partial charge in [-0.25, -0.2) is 9.18 Å². The maximum atomic E-state index is 14.2. The SMILES string of the molecule is Cc1cc(I)ccc1[C@@]1(N)C(CC(C)(C)C)N[C@@H](C(=O)Nc2ccc(C(=O)O)cc2)[C@@H]1c1ccc(F)c(Cl)c1. The highest BCUT2D eigenvalue weighted by atomic mass is 127. The molecular weight excluding hydrogens is 632 g/mol. The summed E-state index contributed by atoms with van der Waals surface area (Å²) in [5.74, 6) is -2.53. The summed E-state index contributed by atoms with van der Waals surface area (Å²) in [5.41, 5.74) is 9.42. The normalized spacial score (nSPS) is 23.0. The molecule has 1 fully saturated rings. The lowest BCUT2D eigenvalue weighted by Gasteiger charge is -2.40. The number of aryl methyl sites for hydroxylation is 1. The molecule has 0 spiro atoms. The number of rotatable bonds is 6. The zero-order valence-corrected chi connectivity index (χ0v) is 25.1. The van der Waals surface area contributed by atoms with Crippen LogP contribution in [0.5, 0.6) is 0 Å². The molecule has 0 saturated carbocycles. The Kier molecular flexibility index (Phi) is 8.42. The van der Waals surface area contributed by atoms with E-state index in [1.54, 1.807) is 24.3 Å². The van der Waals surface area contributed by atoms with E-state index in [1.807, 2.05) is 19.1 Å². The number of nitrogens with one attached hydrogen (secondary N) is 2. The highest BCUT2D eigenvalue weighted by molar-refractivity contribution is 14.1. The minimum absolute atomic E-state index is 0.0446. The number of carboxylic acids is 1. The third-order valence-corrected chi connectivity index (χ3v) is 8.22. The molecule has 0 aliphatic carbocycles. The van der Waals surface area contributed by atoms with Crippen molar-refractivity contribution in [2.75, 3.05) is 5.32 Å². The van der Waals surface area contributed by atoms with Crippen molar-refractivity contribution in [2.24, 2.45) is 11.1 Å². The molecule has 3 aromatic carbocycles. The van der Waals surface area contributed by atoms with Gasteiger partial charge in [0.1, 0.15) is 5.82 Å². The molecule has 6 nitrogen and oxygen atoms in total. The molecule has 4 atom stereocenters. The fourth-order valence-electron chi connectivity index (χ4n) is 5.57. The molecule has 206 valence electrons. The van der Waals surface area contributed by atoms with E-state index in [0.29, 0.717) is 17.7 Å². The Hall–Kier alpha value is -2.53. The van der Waals surface area contributed by atoms with Crippen LogP contribution in [0.15, 0.2) is 60.7 Å². The second-order valence-electron chi connectivity index (χ2n) is 11.4. The van der Waals surface area contributed by atoms with Crippen LogP contribution in [0, 0.1) is 21.7 Å². The van der Waals surface area contributed by atoms with E-state index in [9.17, 15) is 19.1 Å². The molecule has 0 radical (unpaired) electrons. The predicted molar refractivity (Wildman–Crippen MR) is 161 cm³/mol. The summed E-state index contributed by atoms with van der Waals surface area (Å²) in [4.78, 5) is 25.1. The van der Waals surface area contributed by atoms with Crippen LogP contribution in [0.1, 0.15) is 60.2 Å². The second kappa shape index (κ2) is 11.2. The topological polar surface area (TPSA) is 104 Å². The highest BCUT2D eigenvalue weighted by Gasteiger charge is 2.57. The second-order valence-corrected chi connectivity index (χ2v) is 13.0. The molecule has 1 saturated heterocycles. The van der Waals surface area contributed by atoms with Crippen molar-refractivity contribution in [3.63, 3.8) is 0 Å². The standard InChI is InChI=1S/C30H32ClFIN3O3/c1-16-13-19(33)8-11-21(16)30(34)24(15-29(2,3)4)36-26(25(30)18-7-12-23(32)22(31)14-18)27(37)35-20-9-5-17(6-10-20)28(38)39/h5-14,24-26,36H,15,34H2,1-4H3,(H,35,37)(H,38,39)/t24?,25-,26+,30+/m0/s1. The van der Waals surface area contributed by atoms with E-state index in [1.165, 1.54) is 18.2 Å². The molecule has 4 rings (SSSR count). The Bertz CT molecular complexity index is 1410. The molecule has 1 heterocycles. The smallest absolute Gasteiger partial charge is 0.335 e. The maximum absolute atomic E-state index is 14.2. The zero-order chi connectivity index (χ0) is 28.7. The van der Waals surface area contributed by atoms with Gasteiger partial charge in [-0.2, -0.15) is 0 Å². The van der Waals surface area contributed by atoms with Gasteiger partial charge in [0.05, 0.1) is 22.2 Å². The van der Waals surface area contributed by atoms with E-state index >= 15 is 0 Å². The van der Waals surface area contributed by atoms with Crippen molar-refractivity contribution in [2.45, 2.75) is 57.7 Å². The largest absolute Gasteiger partial charge is 0.478 e. The van der Waals surface area contributed by atoms with Gasteiger partial charge in [-0.05, 0) is 107 Å². The lowest BCUT2D eigenvalue weighted by atomic mass is 9.67. The molecule has 5 N–H and O–H groups in total. The molecular formula is C30H32ClFIN3O3. The number of hydrogen-bond donors (Lipinski definition) is 4. The van der Waals surface area contributed by atoms with Gasteiger partial charge in [-0.15, -0.1) is 0 Å². The molecule has 1 aliphatic rings. The van der Waals surface area contributed by atoms with Gasteiger partial charge in [0.25, 0.3) is 0 Å². The molecule has 0 aromatic heterocycles. The van der Waals surface area contributed by atoms with E-state index in [0.717, 1.165) is 14.7 Å². The summed E-state index contributed by atoms with van der Waals surface area (Å²) >= 11 is 8.50. The first-order chi connectivity index (χ1) is 18.2. The Morgan fingerprint density at radius 2 is 1.79 bits per heavy atom. The van der Waals surface area contributed by atoms with Gasteiger partial charge in [0.2, 0.25) is 5.91 Å². The van der Waals surface area contributed by atoms with E-state index in [4.69, 9.17) is 17.3 Å². The number of carbonyl (C=O) groups excluding carboxylic acids is 1. The average Bonchev–Trinajstić information content (AvgIpc) is 3.12. The summed E-state index contributed by atoms with van der Waals surface area (Å²) in [6, 6.07) is 15.4. The Labute approximate surface area is 246 Å². The number of aromatic carboxylic acids is 1. The van der Waals surface area contributed by atoms with Crippen LogP contribution in [0.3, 0.4) is 0 Å². The van der Waals surface area contributed by atoms with Crippen molar-refractivity contribution in [1.82, 2.24) is 5.32 Å². The van der Waals surface area contributed by atoms with E-state index in [-0.39, 0.29) is 28.0 Å². The summed E-state index contributed by atoms with van der Waals surface area (Å²) in [5, 5.41) is 15.6. The Balaban J connectivity index is 1.85. The third-order valence-electron chi connectivity index (χ3n) is 7.26. The minimum atomic E-state index is -1.05. The van der Waals surface area contributed by atoms with Gasteiger partial charge in [0.15, 0.2) is 0 Å². The third kappa shape index (κ3) is 6.14. The number of amides is 1. The van der Waals surface area contributed by atoms with Crippen LogP contribution in [-0.2, 0) is 10.3 Å². The number of carbonyl (C=O) groups is 2. The molecule has 3 aromatic rings. The average molecular weight is 664 g/mol. The Morgan fingerprint density at radius 3 is 2.36 bits per heavy atom. The van der Waals surface area contributed by atoms with Crippen LogP contribution in [0.2, 0.25) is 5.02 Å². The number of nitrogens with two attached hydrogens (primary N) is 1. The first-order valence-electron chi connectivity index (χ1n) is 12.6. The number of benzene rings is 3. The monoisotopic (exact) mass is 663 g/mol. The minimum Gasteiger partial charge on any atom is -0.478 e. The Morgan fingerprint density at radius 1 is 1.13 bits per heavy atom. The number of halogens is 3. The van der Waals surface area contributed by atoms with Crippen molar-refractivity contribution < 1.29 is 19.1 Å². The van der Waals surface area contributed by atoms with Crippen molar-refractivity contribution in [3.05, 3.63) is 97.3 Å². The number of carboxylic acid groups (broad SMARTS) is 1. The number of anilines is 1. The molecule has 1 amide bonds. The zero-order valence-electron chi connectivity index (χ0n) is 22.2. The molecule has 39 heavy (non-hydrogen) atoms. The summed E-state index contributed by atoms with van der Waals surface area (Å²) < 4.78 is 15.3. The van der Waals surface area contributed by atoms with Crippen LogP contribution < -0.4 is 16.4 Å². The molecule has 9 heteroatoms. The fourth-order valence-corrected chi connectivity index (χ4v) is 6.40. The van der Waals surface area contributed by atoms with Crippen LogP contribution in [-0.4, -0.2) is 29.1 Å². The summed E-state index contributed by atoms with van der Waals surface area (Å²) in [7, 11) is 0. The van der Waals surface area contributed by atoms with Crippen LogP contribution in [0.4, 0.5) is 10.1 Å². The van der Waals surface area contributed by atoms with Crippen LogP contribution >= 0.6 is 34.2 Å². The predicted octanol–water partition coefficient (Wildman–Crippen LogP) is 6.44. The van der Waals surface area contributed by atoms with Crippen molar-refractivity contribution >= 4 is 51.8 Å². The quantitative estimate of drug-likeness (QED) is 0.227. The van der Waals surface area contributed by atoms with Gasteiger partial charge in [-0.1, -0.05) is 44.5 Å². The first kappa shape index (κ1) is 29.5. The van der Waals surface area contributed by atoms with Gasteiger partial charge in [0, 0.05) is 21.2 Å². The lowest BCUT2D eigenvalue weighted by molar-refractivity contribution is -0.118. The summed E-state index contributed by atoms with van der Waals surface area (Å²) in [6.45, 7) is 8.37. The lowest BCUT2D eigenvalue weighted by Crippen LogP contribution is -2.52. The maximum Gasteiger partial charge on any atom is 0.335 e. The van der Waals surface area contributed by atoms with E-state index in [2.05, 4.69) is 60.1 Å². The number of hydrogen-bond acceptors (Lipinski definition) is 4. The summed E-state index contributed by atoms with van der Waals surface area (Å²) in [6.07, 6.45) is 0.664. The van der Waals surface area contributed by atoms with Gasteiger partial charge < -0.3 is 21.5 Å². The van der Waals surface area contributed by atoms with Crippen molar-refractivity contribution in [3.8, 4) is 0 Å². The first-order valence-corrected chi connectivity index (χ1v) is 14.1. The molecule has 0 bridgehead atoms. The van der Waals surface area contributed by atoms with Gasteiger partial charge in [-0.3, -0.25) is 4.79 Å². The van der Waals surface area contributed by atoms with Gasteiger partial charge >= 0.3 is 5.97 Å². The molecule has 1 aliphatic heterocycles. The fraction of sp³-hybridized carbons (Fsp3) is 0.333.